The summed E-state index contributed by atoms with van der Waals surface area (Å²) in [5, 5.41) is 0.814. The van der Waals surface area contributed by atoms with Crippen molar-refractivity contribution in [3.05, 3.63) is 0 Å². The molecule has 0 aromatic rings. The number of carbonyl (C=O) groups excluding carboxylic acids is 3. The Labute approximate surface area is 115 Å². The van der Waals surface area contributed by atoms with Crippen molar-refractivity contribution in [3.63, 3.8) is 0 Å². The third kappa shape index (κ3) is 7.26. The van der Waals surface area contributed by atoms with E-state index in [9.17, 15) is 14.4 Å². The molecule has 0 saturated heterocycles. The minimum Gasteiger partial charge on any atom is -0.468 e. The Morgan fingerprint density at radius 1 is 1.00 bits per heavy atom. The smallest absolute Gasteiger partial charge is 0.325 e. The molecule has 1 amide bonds. The second-order valence-electron chi connectivity index (χ2n) is 3.55. The second kappa shape index (κ2) is 9.87. The Hall–Kier alpha value is -1.11. The van der Waals surface area contributed by atoms with Crippen LogP contribution in [-0.2, 0) is 23.9 Å². The predicted octanol–water partition coefficient (Wildman–Crippen LogP) is 0.726. The minimum atomic E-state index is -0.562. The molecule has 0 atom stereocenters. The Morgan fingerprint density at radius 2 is 1.50 bits per heavy atom. The molecule has 0 fully saturated rings. The van der Waals surface area contributed by atoms with Gasteiger partial charge in [-0.25, -0.2) is 0 Å². The van der Waals surface area contributed by atoms with E-state index in [1.54, 1.807) is 0 Å². The van der Waals surface area contributed by atoms with E-state index in [1.807, 2.05) is 0 Å². The first kappa shape index (κ1) is 16.9. The van der Waals surface area contributed by atoms with Crippen LogP contribution in [0.1, 0.15) is 19.3 Å². The molecule has 0 heterocycles. The van der Waals surface area contributed by atoms with E-state index in [4.69, 9.17) is 0 Å². The third-order valence-corrected chi connectivity index (χ3v) is 2.78. The molecule has 0 aromatic carbocycles. The Morgan fingerprint density at radius 3 is 1.89 bits per heavy atom. The highest BCUT2D eigenvalue weighted by Crippen LogP contribution is 2.03. The highest BCUT2D eigenvalue weighted by atomic mass is 79.9. The maximum absolute atomic E-state index is 11.8. The van der Waals surface area contributed by atoms with Crippen LogP contribution in [0.25, 0.3) is 0 Å². The summed E-state index contributed by atoms with van der Waals surface area (Å²) >= 11 is 3.27. The van der Waals surface area contributed by atoms with Gasteiger partial charge in [-0.05, 0) is 12.8 Å². The number of unbranched alkanes of at least 4 members (excludes halogenated alkanes) is 1. The zero-order chi connectivity index (χ0) is 14.0. The number of amides is 1. The molecule has 104 valence electrons. The summed E-state index contributed by atoms with van der Waals surface area (Å²) in [4.78, 5) is 35.3. The normalized spacial score (nSPS) is 9.72. The van der Waals surface area contributed by atoms with E-state index in [-0.39, 0.29) is 19.0 Å². The van der Waals surface area contributed by atoms with Gasteiger partial charge in [0.1, 0.15) is 13.1 Å². The van der Waals surface area contributed by atoms with Gasteiger partial charge in [-0.1, -0.05) is 15.9 Å². The average molecular weight is 324 g/mol. The maximum Gasteiger partial charge on any atom is 0.325 e. The summed E-state index contributed by atoms with van der Waals surface area (Å²) in [5.74, 6) is -1.38. The van der Waals surface area contributed by atoms with Crippen LogP contribution in [0.3, 0.4) is 0 Å². The van der Waals surface area contributed by atoms with E-state index in [0.717, 1.165) is 16.7 Å². The van der Waals surface area contributed by atoms with Crippen molar-refractivity contribution in [2.75, 3.05) is 32.6 Å². The van der Waals surface area contributed by atoms with Crippen molar-refractivity contribution in [3.8, 4) is 0 Å². The first-order chi connectivity index (χ1) is 8.54. The number of rotatable bonds is 8. The van der Waals surface area contributed by atoms with Gasteiger partial charge in [-0.15, -0.1) is 0 Å². The van der Waals surface area contributed by atoms with Crippen LogP contribution in [0.15, 0.2) is 0 Å². The summed E-state index contributed by atoms with van der Waals surface area (Å²) in [7, 11) is 2.46. The Balaban J connectivity index is 4.38. The number of esters is 2. The summed E-state index contributed by atoms with van der Waals surface area (Å²) in [5.41, 5.74) is 0. The van der Waals surface area contributed by atoms with Crippen molar-refractivity contribution in [2.24, 2.45) is 0 Å². The molecule has 0 aliphatic carbocycles. The molecule has 7 heteroatoms. The third-order valence-electron chi connectivity index (χ3n) is 2.22. The van der Waals surface area contributed by atoms with Gasteiger partial charge >= 0.3 is 11.9 Å². The number of halogens is 1. The molecule has 6 nitrogen and oxygen atoms in total. The molecule has 18 heavy (non-hydrogen) atoms. The SMILES string of the molecule is COC(=O)CN(CC(=O)OC)C(=O)CCCCBr. The van der Waals surface area contributed by atoms with E-state index in [0.29, 0.717) is 12.8 Å². The number of hydrogen-bond acceptors (Lipinski definition) is 5. The van der Waals surface area contributed by atoms with Crippen LogP contribution in [0.2, 0.25) is 0 Å². The van der Waals surface area contributed by atoms with Crippen LogP contribution >= 0.6 is 15.9 Å². The van der Waals surface area contributed by atoms with Crippen LogP contribution in [0.4, 0.5) is 0 Å². The summed E-state index contributed by atoms with van der Waals surface area (Å²) in [6.45, 7) is -0.475. The first-order valence-electron chi connectivity index (χ1n) is 5.52. The summed E-state index contributed by atoms with van der Waals surface area (Å²) < 4.78 is 8.96. The van der Waals surface area contributed by atoms with E-state index in [1.165, 1.54) is 14.2 Å². The molecule has 0 rings (SSSR count). The van der Waals surface area contributed by atoms with Gasteiger partial charge in [-0.2, -0.15) is 0 Å². The summed E-state index contributed by atoms with van der Waals surface area (Å²) in [6, 6.07) is 0. The number of carbonyl (C=O) groups is 3. The molecule has 0 saturated carbocycles. The lowest BCUT2D eigenvalue weighted by atomic mass is 10.2. The predicted molar refractivity (Wildman–Crippen MR) is 68.3 cm³/mol. The van der Waals surface area contributed by atoms with E-state index in [2.05, 4.69) is 25.4 Å². The lowest BCUT2D eigenvalue weighted by Gasteiger charge is -2.19. The first-order valence-corrected chi connectivity index (χ1v) is 6.64. The highest BCUT2D eigenvalue weighted by molar-refractivity contribution is 9.09. The quantitative estimate of drug-likeness (QED) is 0.374. The largest absolute Gasteiger partial charge is 0.468 e. The lowest BCUT2D eigenvalue weighted by Crippen LogP contribution is -2.40. The van der Waals surface area contributed by atoms with Crippen molar-refractivity contribution in [2.45, 2.75) is 19.3 Å². The number of hydrogen-bond donors (Lipinski definition) is 0. The van der Waals surface area contributed by atoms with Crippen LogP contribution in [0.5, 0.6) is 0 Å². The fourth-order valence-corrected chi connectivity index (χ4v) is 1.60. The standard InChI is InChI=1S/C11H18BrNO5/c1-17-10(15)7-13(8-11(16)18-2)9(14)5-3-4-6-12/h3-8H2,1-2H3. The van der Waals surface area contributed by atoms with Crippen molar-refractivity contribution in [1.82, 2.24) is 4.90 Å². The van der Waals surface area contributed by atoms with Crippen molar-refractivity contribution < 1.29 is 23.9 Å². The van der Waals surface area contributed by atoms with Gasteiger partial charge in [0.15, 0.2) is 0 Å². The van der Waals surface area contributed by atoms with Gasteiger partial charge in [0.2, 0.25) is 5.91 Å². The Bertz CT molecular complexity index is 277. The molecule has 0 bridgehead atoms. The van der Waals surface area contributed by atoms with Crippen molar-refractivity contribution >= 4 is 33.8 Å². The molecule has 0 unspecified atom stereocenters. The zero-order valence-electron chi connectivity index (χ0n) is 10.6. The minimum absolute atomic E-state index is 0.237. The molecule has 0 N–H and O–H groups in total. The number of alkyl halides is 1. The number of nitrogens with zero attached hydrogens (tertiary/aromatic N) is 1. The Kier molecular flexibility index (Phi) is 9.26. The molecular formula is C11H18BrNO5. The number of ether oxygens (including phenoxy) is 2. The molecule has 0 aromatic heterocycles. The molecule has 0 aliphatic heterocycles. The fraction of sp³-hybridized carbons (Fsp3) is 0.727. The second-order valence-corrected chi connectivity index (χ2v) is 4.34. The van der Waals surface area contributed by atoms with Gasteiger partial charge in [0.25, 0.3) is 0 Å². The molecule has 0 spiro atoms. The average Bonchev–Trinajstić information content (AvgIpc) is 2.37. The lowest BCUT2D eigenvalue weighted by molar-refractivity contribution is -0.152. The van der Waals surface area contributed by atoms with Gasteiger partial charge in [0, 0.05) is 11.8 Å². The number of methoxy groups -OCH3 is 2. The van der Waals surface area contributed by atoms with E-state index < -0.39 is 11.9 Å². The van der Waals surface area contributed by atoms with Crippen LogP contribution in [0, 0.1) is 0 Å². The van der Waals surface area contributed by atoms with Gasteiger partial charge < -0.3 is 14.4 Å². The molecule has 0 radical (unpaired) electrons. The molecule has 0 aliphatic rings. The van der Waals surface area contributed by atoms with E-state index >= 15 is 0 Å². The fourth-order valence-electron chi connectivity index (χ4n) is 1.20. The van der Waals surface area contributed by atoms with Gasteiger partial charge in [-0.3, -0.25) is 14.4 Å². The molecular weight excluding hydrogens is 306 g/mol. The summed E-state index contributed by atoms with van der Waals surface area (Å²) in [6.07, 6.45) is 1.85. The zero-order valence-corrected chi connectivity index (χ0v) is 12.2. The highest BCUT2D eigenvalue weighted by Gasteiger charge is 2.20. The van der Waals surface area contributed by atoms with Gasteiger partial charge in [0.05, 0.1) is 14.2 Å². The van der Waals surface area contributed by atoms with Crippen molar-refractivity contribution in [1.29, 1.82) is 0 Å². The van der Waals surface area contributed by atoms with Crippen LogP contribution in [-0.4, -0.2) is 55.4 Å². The van der Waals surface area contributed by atoms with Crippen LogP contribution < -0.4 is 0 Å². The topological polar surface area (TPSA) is 72.9 Å². The maximum atomic E-state index is 11.8. The monoisotopic (exact) mass is 323 g/mol.